The van der Waals surface area contributed by atoms with Crippen LogP contribution in [-0.2, 0) is 38.8 Å². The lowest BCUT2D eigenvalue weighted by Gasteiger charge is -2.37. The molecule has 2 saturated heterocycles. The van der Waals surface area contributed by atoms with E-state index < -0.39 is 0 Å². The number of aryl methyl sites for hydroxylation is 2. The van der Waals surface area contributed by atoms with Crippen LogP contribution < -0.4 is 0 Å². The Morgan fingerprint density at radius 2 is 0.853 bits per heavy atom. The average molecular weight is 995 g/mol. The largest absolute Gasteiger partial charge is 0.301 e. The molecular weight excluding hydrogens is 929 g/mol. The molecule has 0 bridgehead atoms. The maximum atomic E-state index is 13.5. The van der Waals surface area contributed by atoms with Crippen LogP contribution in [0.25, 0.3) is 22.5 Å². The molecule has 4 aromatic heterocycles. The topological polar surface area (TPSA) is 124 Å². The third-order valence-electron chi connectivity index (χ3n) is 14.8. The van der Waals surface area contributed by atoms with Crippen LogP contribution in [0.3, 0.4) is 0 Å². The summed E-state index contributed by atoms with van der Waals surface area (Å²) in [6, 6.07) is 40.7. The highest BCUT2D eigenvalue weighted by Gasteiger charge is 2.21. The smallest absolute Gasteiger partial charge is 0.167 e. The van der Waals surface area contributed by atoms with E-state index in [9.17, 15) is 9.59 Å². The molecule has 2 aliphatic rings. The third kappa shape index (κ3) is 14.0. The molecule has 12 nitrogen and oxygen atoms in total. The standard InChI is InChI=1S/C63H66N10O2/c1-46-8-10-50(36-56(46)40-62-66-24-20-58(68-62)54-6-3-22-64-42-54)38-60(74)52-16-12-48(13-17-52)44-72-32-28-70(29-33-72)26-5-27-71-30-34-73(35-31-71)45-49-14-18-53(19-15-49)61(75)39-51-11-9-47(2)57(37-51)41-63-67-25-21-59(69-63)55-7-4-23-65-43-55/h3-4,6-25,36-37,42-43H,5,26-35,38-41,44-45H2,1-2H3. The normalized spacial score (nSPS) is 14.7. The van der Waals surface area contributed by atoms with Crippen molar-refractivity contribution in [2.75, 3.05) is 65.4 Å². The Kier molecular flexibility index (Phi) is 16.8. The van der Waals surface area contributed by atoms with Crippen molar-refractivity contribution in [3.8, 4) is 22.5 Å². The Hall–Kier alpha value is -7.48. The lowest BCUT2D eigenvalue weighted by atomic mass is 9.97. The predicted octanol–water partition coefficient (Wildman–Crippen LogP) is 9.37. The van der Waals surface area contributed by atoms with E-state index in [1.54, 1.807) is 24.8 Å². The van der Waals surface area contributed by atoms with Gasteiger partial charge in [-0.2, -0.15) is 0 Å². The second-order valence-corrected chi connectivity index (χ2v) is 20.3. The first-order valence-corrected chi connectivity index (χ1v) is 26.5. The molecule has 0 unspecified atom stereocenters. The van der Waals surface area contributed by atoms with E-state index in [0.29, 0.717) is 25.7 Å². The number of benzene rings is 4. The Bertz CT molecular complexity index is 2960. The second kappa shape index (κ2) is 24.7. The zero-order chi connectivity index (χ0) is 51.3. The average Bonchev–Trinajstić information content (AvgIpc) is 3.44. The first kappa shape index (κ1) is 51.0. The number of Topliss-reactive ketones (excluding diaryl/α,β-unsaturated/α-hetero) is 2. The summed E-state index contributed by atoms with van der Waals surface area (Å²) in [5.74, 6) is 1.73. The van der Waals surface area contributed by atoms with Gasteiger partial charge in [0.25, 0.3) is 0 Å². The van der Waals surface area contributed by atoms with Gasteiger partial charge in [0, 0.05) is 151 Å². The summed E-state index contributed by atoms with van der Waals surface area (Å²) in [5.41, 5.74) is 14.2. The van der Waals surface area contributed by atoms with Crippen molar-refractivity contribution in [3.05, 3.63) is 226 Å². The second-order valence-electron chi connectivity index (χ2n) is 20.3. The van der Waals surface area contributed by atoms with Crippen LogP contribution in [0.15, 0.2) is 159 Å². The minimum absolute atomic E-state index is 0.122. The van der Waals surface area contributed by atoms with Crippen LogP contribution in [0.5, 0.6) is 0 Å². The van der Waals surface area contributed by atoms with Crippen molar-refractivity contribution < 1.29 is 9.59 Å². The Labute approximate surface area is 441 Å². The fraction of sp³-hybridized carbons (Fsp3) is 0.302. The molecule has 12 heteroatoms. The molecule has 6 heterocycles. The van der Waals surface area contributed by atoms with E-state index in [0.717, 1.165) is 157 Å². The Balaban J connectivity index is 0.605. The molecule has 2 fully saturated rings. The van der Waals surface area contributed by atoms with Crippen molar-refractivity contribution in [2.45, 2.75) is 59.0 Å². The fourth-order valence-corrected chi connectivity index (χ4v) is 10.3. The number of carbonyl (C=O) groups is 2. The maximum absolute atomic E-state index is 13.5. The van der Waals surface area contributed by atoms with Gasteiger partial charge in [-0.15, -0.1) is 0 Å². The first-order valence-electron chi connectivity index (χ1n) is 26.5. The molecule has 0 aliphatic carbocycles. The summed E-state index contributed by atoms with van der Waals surface area (Å²) in [6.45, 7) is 16.8. The summed E-state index contributed by atoms with van der Waals surface area (Å²) in [4.78, 5) is 64.3. The van der Waals surface area contributed by atoms with Gasteiger partial charge in [-0.3, -0.25) is 29.4 Å². The zero-order valence-electron chi connectivity index (χ0n) is 43.3. The van der Waals surface area contributed by atoms with Crippen molar-refractivity contribution >= 4 is 11.6 Å². The molecule has 75 heavy (non-hydrogen) atoms. The van der Waals surface area contributed by atoms with Gasteiger partial charge >= 0.3 is 0 Å². The Morgan fingerprint density at radius 1 is 0.453 bits per heavy atom. The number of piperazine rings is 2. The maximum Gasteiger partial charge on any atom is 0.167 e. The van der Waals surface area contributed by atoms with Gasteiger partial charge in [-0.25, -0.2) is 19.9 Å². The molecule has 4 aromatic carbocycles. The van der Waals surface area contributed by atoms with Gasteiger partial charge < -0.3 is 9.80 Å². The van der Waals surface area contributed by atoms with Crippen LogP contribution >= 0.6 is 0 Å². The third-order valence-corrected chi connectivity index (χ3v) is 14.8. The number of hydrogen-bond donors (Lipinski definition) is 0. The molecule has 0 radical (unpaired) electrons. The number of rotatable bonds is 20. The number of carbonyl (C=O) groups excluding carboxylic acids is 2. The molecule has 0 saturated carbocycles. The summed E-state index contributed by atoms with van der Waals surface area (Å²) in [6.07, 6.45) is 13.8. The van der Waals surface area contributed by atoms with Crippen LogP contribution in [0, 0.1) is 13.8 Å². The molecule has 2 aliphatic heterocycles. The van der Waals surface area contributed by atoms with Crippen LogP contribution in [-0.4, -0.2) is 127 Å². The van der Waals surface area contributed by atoms with Gasteiger partial charge in [0.2, 0.25) is 0 Å². The van der Waals surface area contributed by atoms with E-state index >= 15 is 0 Å². The number of aromatic nitrogens is 6. The number of nitrogens with zero attached hydrogens (tertiary/aromatic N) is 10. The molecule has 0 N–H and O–H groups in total. The predicted molar refractivity (Wildman–Crippen MR) is 296 cm³/mol. The lowest BCUT2D eigenvalue weighted by molar-refractivity contribution is 0.0984. The van der Waals surface area contributed by atoms with Crippen LogP contribution in [0.4, 0.5) is 0 Å². The van der Waals surface area contributed by atoms with E-state index in [4.69, 9.17) is 9.97 Å². The van der Waals surface area contributed by atoms with Gasteiger partial charge in [0.1, 0.15) is 11.6 Å². The minimum Gasteiger partial charge on any atom is -0.301 e. The molecule has 0 amide bonds. The number of ketones is 2. The molecule has 8 aromatic rings. The monoisotopic (exact) mass is 995 g/mol. The number of pyridine rings is 2. The van der Waals surface area contributed by atoms with Gasteiger partial charge in [-0.1, -0.05) is 84.9 Å². The molecular formula is C63H66N10O2. The van der Waals surface area contributed by atoms with Crippen molar-refractivity contribution in [1.29, 1.82) is 0 Å². The van der Waals surface area contributed by atoms with E-state index in [1.807, 2.05) is 73.1 Å². The first-order chi connectivity index (χ1) is 36.7. The van der Waals surface area contributed by atoms with Crippen LogP contribution in [0.1, 0.15) is 83.3 Å². The summed E-state index contributed by atoms with van der Waals surface area (Å²) < 4.78 is 0. The van der Waals surface area contributed by atoms with Crippen molar-refractivity contribution in [1.82, 2.24) is 49.5 Å². The number of hydrogen-bond acceptors (Lipinski definition) is 12. The minimum atomic E-state index is 0.122. The van der Waals surface area contributed by atoms with Gasteiger partial charge in [-0.05, 0) is 114 Å². The zero-order valence-corrected chi connectivity index (χ0v) is 43.3. The summed E-state index contributed by atoms with van der Waals surface area (Å²) in [5, 5.41) is 0. The molecule has 0 spiro atoms. The summed E-state index contributed by atoms with van der Waals surface area (Å²) >= 11 is 0. The molecule has 380 valence electrons. The highest BCUT2D eigenvalue weighted by atomic mass is 16.1. The summed E-state index contributed by atoms with van der Waals surface area (Å²) in [7, 11) is 0. The molecule has 10 rings (SSSR count). The fourth-order valence-electron chi connectivity index (χ4n) is 10.3. The quantitative estimate of drug-likeness (QED) is 0.0676. The molecule has 0 atom stereocenters. The van der Waals surface area contributed by atoms with Crippen molar-refractivity contribution in [3.63, 3.8) is 0 Å². The van der Waals surface area contributed by atoms with Crippen molar-refractivity contribution in [2.24, 2.45) is 0 Å². The van der Waals surface area contributed by atoms with Gasteiger partial charge in [0.15, 0.2) is 11.6 Å². The Morgan fingerprint density at radius 3 is 1.25 bits per heavy atom. The highest BCUT2D eigenvalue weighted by Crippen LogP contribution is 2.23. The van der Waals surface area contributed by atoms with E-state index in [-0.39, 0.29) is 11.6 Å². The van der Waals surface area contributed by atoms with Crippen LogP contribution in [0.2, 0.25) is 0 Å². The highest BCUT2D eigenvalue weighted by molar-refractivity contribution is 5.98. The van der Waals surface area contributed by atoms with Gasteiger partial charge in [0.05, 0.1) is 11.4 Å². The SMILES string of the molecule is Cc1ccc(CC(=O)c2ccc(CN3CCN(CCCN4CCN(Cc5ccc(C(=O)Cc6ccc(C)c(Cc7nccc(-c8cccnc8)n7)c6)cc5)CC4)CC3)cc2)cc1Cc1nccc(-c2cccnc2)n1. The van der Waals surface area contributed by atoms with E-state index in [2.05, 4.69) is 114 Å². The lowest BCUT2D eigenvalue weighted by Crippen LogP contribution is -2.48. The van der Waals surface area contributed by atoms with E-state index in [1.165, 1.54) is 17.5 Å².